The van der Waals surface area contributed by atoms with Gasteiger partial charge in [0, 0.05) is 30.2 Å². The third-order valence-corrected chi connectivity index (χ3v) is 6.54. The Morgan fingerprint density at radius 2 is 1.81 bits per heavy atom. The lowest BCUT2D eigenvalue weighted by Gasteiger charge is -2.35. The molecule has 0 fully saturated rings. The lowest BCUT2D eigenvalue weighted by molar-refractivity contribution is -0.156. The van der Waals surface area contributed by atoms with Crippen molar-refractivity contribution in [2.45, 2.75) is 32.9 Å². The fourth-order valence-electron chi connectivity index (χ4n) is 4.81. The zero-order chi connectivity index (χ0) is 27.4. The summed E-state index contributed by atoms with van der Waals surface area (Å²) in [4.78, 5) is 15.3. The molecule has 0 bridgehead atoms. The van der Waals surface area contributed by atoms with Crippen molar-refractivity contribution in [2.24, 2.45) is 11.3 Å². The van der Waals surface area contributed by atoms with E-state index >= 15 is 0 Å². The quantitative estimate of drug-likeness (QED) is 0.150. The molecule has 0 aliphatic carbocycles. The van der Waals surface area contributed by atoms with E-state index in [4.69, 9.17) is 16.3 Å². The number of carbonyl (C=O) groups excluding carboxylic acids is 1. The van der Waals surface area contributed by atoms with Crippen molar-refractivity contribution in [1.82, 2.24) is 4.90 Å². The number of nitrogens with zero attached hydrogens (tertiary/aromatic N) is 1. The Labute approximate surface area is 226 Å². The van der Waals surface area contributed by atoms with Gasteiger partial charge in [-0.2, -0.15) is 0 Å². The van der Waals surface area contributed by atoms with Crippen molar-refractivity contribution < 1.29 is 18.9 Å². The highest BCUT2D eigenvalue weighted by Gasteiger charge is 2.39. The van der Waals surface area contributed by atoms with Crippen molar-refractivity contribution in [3.8, 4) is 11.1 Å². The van der Waals surface area contributed by atoms with Gasteiger partial charge < -0.3 is 9.76 Å². The number of benzene rings is 2. The van der Waals surface area contributed by atoms with Crippen LogP contribution in [0.5, 0.6) is 0 Å². The molecule has 0 saturated heterocycles. The van der Waals surface area contributed by atoms with E-state index in [2.05, 4.69) is 24.6 Å². The molecule has 2 aromatic rings. The van der Waals surface area contributed by atoms with Gasteiger partial charge in [0.25, 0.3) is 6.92 Å². The second-order valence-corrected chi connectivity index (χ2v) is 10.3. The predicted octanol–water partition coefficient (Wildman–Crippen LogP) is 6.72. The molecule has 0 radical (unpaired) electrons. The van der Waals surface area contributed by atoms with Crippen LogP contribution in [0.25, 0.3) is 11.1 Å². The summed E-state index contributed by atoms with van der Waals surface area (Å²) in [5.74, 6) is -0.626. The first-order chi connectivity index (χ1) is 17.6. The standard InChI is InChI=1S/C30H38BClFNO3/c1-6-15-34(16-7-2)22-30(4,29(35)37-17-8-3)20-24(21-31(5)36)18-23-9-11-25(12-10-23)27-19-26(32)13-14-28(27)33/h6-14,19,24,36H,1-3,15-18,20-22H2,4-5H3/t24-,30+/m1/s1. The largest absolute Gasteiger partial charge is 0.461 e. The fraction of sp³-hybridized carbons (Fsp3) is 0.367. The maximum absolute atomic E-state index is 14.3. The Hall–Kier alpha value is -2.67. The van der Waals surface area contributed by atoms with E-state index in [1.807, 2.05) is 31.2 Å². The molecule has 0 heterocycles. The molecule has 37 heavy (non-hydrogen) atoms. The van der Waals surface area contributed by atoms with Gasteiger partial charge in [-0.05, 0) is 61.3 Å². The maximum atomic E-state index is 14.3. The topological polar surface area (TPSA) is 49.8 Å². The van der Waals surface area contributed by atoms with Gasteiger partial charge in [0.1, 0.15) is 12.4 Å². The molecule has 2 aromatic carbocycles. The van der Waals surface area contributed by atoms with Crippen LogP contribution >= 0.6 is 11.6 Å². The number of hydrogen-bond donors (Lipinski definition) is 1. The third-order valence-electron chi connectivity index (χ3n) is 6.30. The van der Waals surface area contributed by atoms with Crippen LogP contribution in [0.2, 0.25) is 18.2 Å². The number of hydrogen-bond acceptors (Lipinski definition) is 4. The van der Waals surface area contributed by atoms with Crippen LogP contribution in [0.3, 0.4) is 0 Å². The van der Waals surface area contributed by atoms with E-state index in [0.717, 1.165) is 11.1 Å². The van der Waals surface area contributed by atoms with E-state index < -0.39 is 12.3 Å². The lowest BCUT2D eigenvalue weighted by atomic mass is 9.60. The van der Waals surface area contributed by atoms with Crippen LogP contribution in [0, 0.1) is 17.2 Å². The molecule has 0 aliphatic rings. The molecule has 0 unspecified atom stereocenters. The fourth-order valence-corrected chi connectivity index (χ4v) is 4.99. The zero-order valence-corrected chi connectivity index (χ0v) is 22.7. The van der Waals surface area contributed by atoms with Gasteiger partial charge in [0.2, 0.25) is 0 Å². The first-order valence-corrected chi connectivity index (χ1v) is 12.9. The average molecular weight is 526 g/mol. The predicted molar refractivity (Wildman–Crippen MR) is 153 cm³/mol. The van der Waals surface area contributed by atoms with E-state index in [0.29, 0.717) is 49.4 Å². The second kappa shape index (κ2) is 14.9. The first-order valence-electron chi connectivity index (χ1n) is 12.6. The minimum Gasteiger partial charge on any atom is -0.461 e. The van der Waals surface area contributed by atoms with Gasteiger partial charge in [0.15, 0.2) is 0 Å². The van der Waals surface area contributed by atoms with Crippen LogP contribution in [0.4, 0.5) is 4.39 Å². The minimum atomic E-state index is -0.821. The van der Waals surface area contributed by atoms with Crippen LogP contribution in [0.15, 0.2) is 80.4 Å². The van der Waals surface area contributed by atoms with Crippen LogP contribution < -0.4 is 0 Å². The number of ether oxygens (including phenoxy) is 1. The van der Waals surface area contributed by atoms with E-state index in [1.165, 1.54) is 12.1 Å². The Morgan fingerprint density at radius 1 is 1.16 bits per heavy atom. The van der Waals surface area contributed by atoms with Gasteiger partial charge in [-0.3, -0.25) is 9.69 Å². The SMILES string of the molecule is C=CCOC(=O)[C@@](C)(C[C@H](CB(C)O)Cc1ccc(-c2cc(Cl)ccc2F)cc1)CN(CC=C)CC=C. The molecule has 198 valence electrons. The van der Waals surface area contributed by atoms with Crippen LogP contribution in [-0.2, 0) is 16.0 Å². The normalized spacial score (nSPS) is 13.5. The lowest BCUT2D eigenvalue weighted by Crippen LogP contribution is -2.44. The Kier molecular flexibility index (Phi) is 12.3. The van der Waals surface area contributed by atoms with Gasteiger partial charge >= 0.3 is 5.97 Å². The minimum absolute atomic E-state index is 0.00403. The summed E-state index contributed by atoms with van der Waals surface area (Å²) in [6, 6.07) is 12.2. The van der Waals surface area contributed by atoms with E-state index in [-0.39, 0.29) is 24.3 Å². The number of rotatable bonds is 16. The van der Waals surface area contributed by atoms with Crippen molar-refractivity contribution in [3.63, 3.8) is 0 Å². The maximum Gasteiger partial charge on any atom is 0.313 e. The number of carbonyl (C=O) groups is 1. The van der Waals surface area contributed by atoms with Gasteiger partial charge in [-0.25, -0.2) is 4.39 Å². The molecule has 7 heteroatoms. The molecule has 0 amide bonds. The molecular weight excluding hydrogens is 488 g/mol. The molecule has 4 nitrogen and oxygen atoms in total. The summed E-state index contributed by atoms with van der Waals surface area (Å²) in [5, 5.41) is 10.7. The average Bonchev–Trinajstić information content (AvgIpc) is 2.84. The van der Waals surface area contributed by atoms with Crippen molar-refractivity contribution in [2.75, 3.05) is 26.2 Å². The molecule has 2 atom stereocenters. The highest BCUT2D eigenvalue weighted by molar-refractivity contribution is 6.48. The van der Waals surface area contributed by atoms with Crippen molar-refractivity contribution in [3.05, 3.63) is 96.8 Å². The van der Waals surface area contributed by atoms with Crippen molar-refractivity contribution in [1.29, 1.82) is 0 Å². The van der Waals surface area contributed by atoms with E-state index in [1.54, 1.807) is 31.1 Å². The third kappa shape index (κ3) is 9.62. The summed E-state index contributed by atoms with van der Waals surface area (Å²) in [6.07, 6.45) is 6.85. The Morgan fingerprint density at radius 3 is 2.38 bits per heavy atom. The monoisotopic (exact) mass is 525 g/mol. The van der Waals surface area contributed by atoms with Crippen LogP contribution in [-0.4, -0.2) is 49.0 Å². The Bertz CT molecular complexity index is 1050. The van der Waals surface area contributed by atoms with Gasteiger partial charge in [0.05, 0.1) is 5.41 Å². The summed E-state index contributed by atoms with van der Waals surface area (Å²) < 4.78 is 19.8. The second-order valence-electron chi connectivity index (χ2n) is 9.90. The summed E-state index contributed by atoms with van der Waals surface area (Å²) >= 11 is 6.06. The molecule has 2 rings (SSSR count). The molecule has 0 aliphatic heterocycles. The smallest absolute Gasteiger partial charge is 0.313 e. The molecule has 0 saturated carbocycles. The Balaban J connectivity index is 2.30. The van der Waals surface area contributed by atoms with Crippen molar-refractivity contribution >= 4 is 24.5 Å². The van der Waals surface area contributed by atoms with Gasteiger partial charge in [-0.15, -0.1) is 13.2 Å². The number of halogens is 2. The molecular formula is C30H38BClFNO3. The summed E-state index contributed by atoms with van der Waals surface area (Å²) in [5.41, 5.74) is 1.39. The molecule has 1 N–H and O–H groups in total. The van der Waals surface area contributed by atoms with Crippen LogP contribution in [0.1, 0.15) is 18.9 Å². The molecule has 0 aromatic heterocycles. The van der Waals surface area contributed by atoms with Gasteiger partial charge in [-0.1, -0.05) is 67.5 Å². The van der Waals surface area contributed by atoms with E-state index in [9.17, 15) is 14.2 Å². The first kappa shape index (κ1) is 30.6. The summed E-state index contributed by atoms with van der Waals surface area (Å²) in [6.45, 7) is 16.3. The highest BCUT2D eigenvalue weighted by Crippen LogP contribution is 2.34. The highest BCUT2D eigenvalue weighted by atomic mass is 35.5. The number of esters is 1. The summed E-state index contributed by atoms with van der Waals surface area (Å²) in [7, 11) is 0. The molecule has 0 spiro atoms. The zero-order valence-electron chi connectivity index (χ0n) is 22.0.